The molecule has 0 fully saturated rings. The van der Waals surface area contributed by atoms with Gasteiger partial charge in [-0.25, -0.2) is 0 Å². The van der Waals surface area contributed by atoms with Gasteiger partial charge in [-0.1, -0.05) is 13.8 Å². The normalized spacial score (nSPS) is 11.6. The van der Waals surface area contributed by atoms with Crippen molar-refractivity contribution in [3.63, 3.8) is 0 Å². The lowest BCUT2D eigenvalue weighted by atomic mass is 10.3. The molecular formula is C11H27N3. The van der Waals surface area contributed by atoms with Crippen molar-refractivity contribution >= 4 is 0 Å². The Hall–Kier alpha value is -0.120. The Morgan fingerprint density at radius 3 is 2.14 bits per heavy atom. The SMILES string of the molecule is CCNCCCN(C)CCN(C)CC. The van der Waals surface area contributed by atoms with Gasteiger partial charge in [0.05, 0.1) is 0 Å². The summed E-state index contributed by atoms with van der Waals surface area (Å²) >= 11 is 0. The van der Waals surface area contributed by atoms with Gasteiger partial charge in [-0.3, -0.25) is 0 Å². The zero-order valence-corrected chi connectivity index (χ0v) is 10.3. The fourth-order valence-electron chi connectivity index (χ4n) is 1.26. The molecule has 3 heteroatoms. The topological polar surface area (TPSA) is 18.5 Å². The van der Waals surface area contributed by atoms with Crippen LogP contribution in [-0.4, -0.2) is 63.2 Å². The Bertz CT molecular complexity index is 117. The molecule has 0 amide bonds. The van der Waals surface area contributed by atoms with E-state index < -0.39 is 0 Å². The number of hydrogen-bond donors (Lipinski definition) is 1. The van der Waals surface area contributed by atoms with E-state index in [-0.39, 0.29) is 0 Å². The van der Waals surface area contributed by atoms with E-state index in [1.54, 1.807) is 0 Å². The predicted octanol–water partition coefficient (Wildman–Crippen LogP) is 0.870. The molecule has 0 unspecified atom stereocenters. The van der Waals surface area contributed by atoms with Crippen molar-refractivity contribution in [2.75, 3.05) is 53.4 Å². The molecule has 86 valence electrons. The van der Waals surface area contributed by atoms with Crippen LogP contribution in [0.3, 0.4) is 0 Å². The van der Waals surface area contributed by atoms with Crippen LogP contribution >= 0.6 is 0 Å². The molecule has 0 aliphatic rings. The molecule has 3 nitrogen and oxygen atoms in total. The second-order valence-corrected chi connectivity index (χ2v) is 3.91. The van der Waals surface area contributed by atoms with E-state index >= 15 is 0 Å². The third kappa shape index (κ3) is 8.48. The monoisotopic (exact) mass is 201 g/mol. The van der Waals surface area contributed by atoms with Crippen LogP contribution in [0.4, 0.5) is 0 Å². The first-order valence-electron chi connectivity index (χ1n) is 5.78. The fourth-order valence-corrected chi connectivity index (χ4v) is 1.26. The number of likely N-dealkylation sites (N-methyl/N-ethyl adjacent to an activating group) is 2. The van der Waals surface area contributed by atoms with E-state index in [0.717, 1.165) is 19.6 Å². The van der Waals surface area contributed by atoms with Crippen molar-refractivity contribution < 1.29 is 0 Å². The van der Waals surface area contributed by atoms with Gasteiger partial charge in [-0.15, -0.1) is 0 Å². The second kappa shape index (κ2) is 9.44. The average Bonchev–Trinajstić information content (AvgIpc) is 2.21. The lowest BCUT2D eigenvalue weighted by Gasteiger charge is -2.20. The number of nitrogens with one attached hydrogen (secondary N) is 1. The van der Waals surface area contributed by atoms with Gasteiger partial charge in [0.25, 0.3) is 0 Å². The van der Waals surface area contributed by atoms with E-state index in [1.807, 2.05) is 0 Å². The van der Waals surface area contributed by atoms with E-state index in [1.165, 1.54) is 26.1 Å². The van der Waals surface area contributed by atoms with Gasteiger partial charge >= 0.3 is 0 Å². The molecule has 0 aliphatic heterocycles. The molecule has 0 bridgehead atoms. The maximum absolute atomic E-state index is 3.34. The first-order valence-corrected chi connectivity index (χ1v) is 5.78. The lowest BCUT2D eigenvalue weighted by Crippen LogP contribution is -2.32. The standard InChI is InChI=1S/C11H27N3/c1-5-12-8-7-9-14(4)11-10-13(3)6-2/h12H,5-11H2,1-4H3. The van der Waals surface area contributed by atoms with Crippen LogP contribution < -0.4 is 5.32 Å². The highest BCUT2D eigenvalue weighted by Gasteiger charge is 1.99. The molecule has 0 saturated carbocycles. The molecule has 14 heavy (non-hydrogen) atoms. The molecule has 0 aromatic heterocycles. The van der Waals surface area contributed by atoms with E-state index in [2.05, 4.69) is 43.1 Å². The molecule has 0 radical (unpaired) electrons. The Labute approximate surface area is 89.5 Å². The molecule has 0 aromatic carbocycles. The molecule has 0 rings (SSSR count). The fraction of sp³-hybridized carbons (Fsp3) is 1.00. The van der Waals surface area contributed by atoms with Gasteiger partial charge in [0, 0.05) is 13.1 Å². The quantitative estimate of drug-likeness (QED) is 0.559. The third-order valence-electron chi connectivity index (χ3n) is 2.55. The first-order chi connectivity index (χ1) is 6.70. The minimum absolute atomic E-state index is 1.09. The van der Waals surface area contributed by atoms with Crippen LogP contribution in [0.15, 0.2) is 0 Å². The largest absolute Gasteiger partial charge is 0.317 e. The highest BCUT2D eigenvalue weighted by Crippen LogP contribution is 1.88. The molecule has 0 spiro atoms. The summed E-state index contributed by atoms with van der Waals surface area (Å²) in [6, 6.07) is 0. The van der Waals surface area contributed by atoms with Gasteiger partial charge in [0.1, 0.15) is 0 Å². The maximum Gasteiger partial charge on any atom is 0.0106 e. The van der Waals surface area contributed by atoms with Crippen molar-refractivity contribution in [2.24, 2.45) is 0 Å². The summed E-state index contributed by atoms with van der Waals surface area (Å²) < 4.78 is 0. The molecule has 0 heterocycles. The van der Waals surface area contributed by atoms with Crippen LogP contribution in [0.2, 0.25) is 0 Å². The van der Waals surface area contributed by atoms with E-state index in [0.29, 0.717) is 0 Å². The van der Waals surface area contributed by atoms with Crippen molar-refractivity contribution in [2.45, 2.75) is 20.3 Å². The third-order valence-corrected chi connectivity index (χ3v) is 2.55. The van der Waals surface area contributed by atoms with Crippen LogP contribution in [0.5, 0.6) is 0 Å². The van der Waals surface area contributed by atoms with Crippen LogP contribution in [-0.2, 0) is 0 Å². The van der Waals surface area contributed by atoms with Crippen molar-refractivity contribution in [3.05, 3.63) is 0 Å². The minimum atomic E-state index is 1.09. The van der Waals surface area contributed by atoms with Gasteiger partial charge in [0.2, 0.25) is 0 Å². The zero-order valence-electron chi connectivity index (χ0n) is 10.3. The summed E-state index contributed by atoms with van der Waals surface area (Å²) in [4.78, 5) is 4.75. The number of nitrogens with zero attached hydrogens (tertiary/aromatic N) is 2. The summed E-state index contributed by atoms with van der Waals surface area (Å²) in [5.74, 6) is 0. The molecule has 0 aliphatic carbocycles. The molecular weight excluding hydrogens is 174 g/mol. The summed E-state index contributed by atoms with van der Waals surface area (Å²) in [5, 5.41) is 3.34. The van der Waals surface area contributed by atoms with Gasteiger partial charge < -0.3 is 15.1 Å². The Morgan fingerprint density at radius 2 is 1.57 bits per heavy atom. The van der Waals surface area contributed by atoms with Crippen molar-refractivity contribution in [3.8, 4) is 0 Å². The average molecular weight is 201 g/mol. The predicted molar refractivity (Wildman–Crippen MR) is 63.8 cm³/mol. The lowest BCUT2D eigenvalue weighted by molar-refractivity contribution is 0.261. The highest BCUT2D eigenvalue weighted by atomic mass is 15.2. The highest BCUT2D eigenvalue weighted by molar-refractivity contribution is 4.56. The first kappa shape index (κ1) is 13.9. The molecule has 0 saturated heterocycles. The van der Waals surface area contributed by atoms with Crippen LogP contribution in [0.25, 0.3) is 0 Å². The Kier molecular flexibility index (Phi) is 9.35. The summed E-state index contributed by atoms with van der Waals surface area (Å²) in [6.07, 6.45) is 1.25. The molecule has 1 N–H and O–H groups in total. The van der Waals surface area contributed by atoms with Gasteiger partial charge in [0.15, 0.2) is 0 Å². The van der Waals surface area contributed by atoms with Crippen molar-refractivity contribution in [1.82, 2.24) is 15.1 Å². The molecule has 0 aromatic rings. The number of hydrogen-bond acceptors (Lipinski definition) is 3. The molecule has 0 atom stereocenters. The maximum atomic E-state index is 3.34. The summed E-state index contributed by atoms with van der Waals surface area (Å²) in [6.45, 7) is 11.3. The number of rotatable bonds is 9. The van der Waals surface area contributed by atoms with Crippen molar-refractivity contribution in [1.29, 1.82) is 0 Å². The summed E-state index contributed by atoms with van der Waals surface area (Å²) in [7, 11) is 4.38. The van der Waals surface area contributed by atoms with Gasteiger partial charge in [-0.05, 0) is 46.7 Å². The smallest absolute Gasteiger partial charge is 0.0106 e. The van der Waals surface area contributed by atoms with Crippen LogP contribution in [0.1, 0.15) is 20.3 Å². The van der Waals surface area contributed by atoms with Gasteiger partial charge in [-0.2, -0.15) is 0 Å². The van der Waals surface area contributed by atoms with E-state index in [9.17, 15) is 0 Å². The van der Waals surface area contributed by atoms with E-state index in [4.69, 9.17) is 0 Å². The Morgan fingerprint density at radius 1 is 0.929 bits per heavy atom. The van der Waals surface area contributed by atoms with Crippen LogP contribution in [0, 0.1) is 0 Å². The summed E-state index contributed by atoms with van der Waals surface area (Å²) in [5.41, 5.74) is 0. The Balaban J connectivity index is 3.23. The second-order valence-electron chi connectivity index (χ2n) is 3.91. The zero-order chi connectivity index (χ0) is 10.8. The minimum Gasteiger partial charge on any atom is -0.317 e.